The number of anilines is 1. The van der Waals surface area contributed by atoms with Gasteiger partial charge in [0.15, 0.2) is 0 Å². The Hall–Kier alpha value is -0.540. The first-order valence-electron chi connectivity index (χ1n) is 5.42. The van der Waals surface area contributed by atoms with Gasteiger partial charge in [-0.15, -0.1) is 0 Å². The van der Waals surface area contributed by atoms with E-state index in [0.717, 1.165) is 19.6 Å². The van der Waals surface area contributed by atoms with Gasteiger partial charge >= 0.3 is 0 Å². The zero-order valence-electron chi connectivity index (χ0n) is 9.26. The molecule has 1 saturated heterocycles. The van der Waals surface area contributed by atoms with Gasteiger partial charge in [0.1, 0.15) is 0 Å². The molecule has 1 unspecified atom stereocenters. The lowest BCUT2D eigenvalue weighted by atomic mass is 10.1. The van der Waals surface area contributed by atoms with Crippen molar-refractivity contribution in [2.24, 2.45) is 0 Å². The maximum Gasteiger partial charge on any atom is 0.0386 e. The van der Waals surface area contributed by atoms with Crippen LogP contribution in [0.2, 0.25) is 0 Å². The number of rotatable bonds is 1. The lowest BCUT2D eigenvalue weighted by Crippen LogP contribution is -2.49. The number of nitrogens with one attached hydrogen (secondary N) is 1. The number of aryl methyl sites for hydroxylation is 1. The van der Waals surface area contributed by atoms with Crippen molar-refractivity contribution in [3.8, 4) is 0 Å². The van der Waals surface area contributed by atoms with Crippen LogP contribution >= 0.6 is 15.9 Å². The van der Waals surface area contributed by atoms with Crippen molar-refractivity contribution in [3.05, 3.63) is 28.2 Å². The number of hydrogen-bond acceptors (Lipinski definition) is 2. The second-order valence-electron chi connectivity index (χ2n) is 4.18. The van der Waals surface area contributed by atoms with Crippen LogP contribution in [0.4, 0.5) is 5.69 Å². The highest BCUT2D eigenvalue weighted by Gasteiger charge is 2.18. The first-order chi connectivity index (χ1) is 7.18. The van der Waals surface area contributed by atoms with Gasteiger partial charge in [-0.2, -0.15) is 0 Å². The molecule has 0 amide bonds. The molecule has 1 heterocycles. The summed E-state index contributed by atoms with van der Waals surface area (Å²) in [6, 6.07) is 7.17. The van der Waals surface area contributed by atoms with Crippen LogP contribution in [0.15, 0.2) is 22.7 Å². The van der Waals surface area contributed by atoms with Crippen molar-refractivity contribution in [2.45, 2.75) is 19.9 Å². The quantitative estimate of drug-likeness (QED) is 0.843. The number of hydrogen-bond donors (Lipinski definition) is 1. The number of nitrogens with zero attached hydrogens (tertiary/aromatic N) is 1. The molecule has 0 spiro atoms. The van der Waals surface area contributed by atoms with Crippen LogP contribution < -0.4 is 10.2 Å². The fraction of sp³-hybridized carbons (Fsp3) is 0.500. The molecule has 1 fully saturated rings. The van der Waals surface area contributed by atoms with E-state index in [1.54, 1.807) is 0 Å². The van der Waals surface area contributed by atoms with Gasteiger partial charge in [0.05, 0.1) is 0 Å². The minimum absolute atomic E-state index is 0.583. The first-order valence-corrected chi connectivity index (χ1v) is 6.21. The summed E-state index contributed by atoms with van der Waals surface area (Å²) in [4.78, 5) is 2.47. The molecular formula is C12H17BrN2. The monoisotopic (exact) mass is 268 g/mol. The van der Waals surface area contributed by atoms with Gasteiger partial charge in [0.2, 0.25) is 0 Å². The van der Waals surface area contributed by atoms with Crippen LogP contribution in [0.3, 0.4) is 0 Å². The molecule has 1 atom stereocenters. The van der Waals surface area contributed by atoms with Gasteiger partial charge in [0.25, 0.3) is 0 Å². The van der Waals surface area contributed by atoms with Crippen molar-refractivity contribution in [2.75, 3.05) is 24.5 Å². The Labute approximate surface area is 99.8 Å². The normalized spacial score (nSPS) is 21.8. The Morgan fingerprint density at radius 3 is 2.93 bits per heavy atom. The Morgan fingerprint density at radius 1 is 1.47 bits per heavy atom. The zero-order chi connectivity index (χ0) is 10.8. The van der Waals surface area contributed by atoms with E-state index < -0.39 is 0 Å². The van der Waals surface area contributed by atoms with Crippen molar-refractivity contribution in [1.82, 2.24) is 5.32 Å². The smallest absolute Gasteiger partial charge is 0.0386 e. The van der Waals surface area contributed by atoms with Crippen LogP contribution in [-0.4, -0.2) is 25.7 Å². The molecule has 82 valence electrons. The molecule has 1 aromatic carbocycles. The topological polar surface area (TPSA) is 15.3 Å². The molecule has 1 aliphatic rings. The van der Waals surface area contributed by atoms with Gasteiger partial charge in [-0.1, -0.05) is 15.9 Å². The van der Waals surface area contributed by atoms with E-state index in [1.165, 1.54) is 15.7 Å². The van der Waals surface area contributed by atoms with E-state index in [1.807, 2.05) is 0 Å². The van der Waals surface area contributed by atoms with Gasteiger partial charge in [0, 0.05) is 35.8 Å². The molecule has 0 aromatic heterocycles. The third-order valence-corrected chi connectivity index (χ3v) is 3.86. The molecule has 1 aliphatic heterocycles. The molecule has 0 radical (unpaired) electrons. The van der Waals surface area contributed by atoms with Crippen LogP contribution in [0.25, 0.3) is 0 Å². The van der Waals surface area contributed by atoms with Crippen molar-refractivity contribution < 1.29 is 0 Å². The SMILES string of the molecule is Cc1cc(N2CCNCC2C)ccc1Br. The molecule has 0 saturated carbocycles. The fourth-order valence-corrected chi connectivity index (χ4v) is 2.28. The summed E-state index contributed by atoms with van der Waals surface area (Å²) >= 11 is 3.54. The van der Waals surface area contributed by atoms with Gasteiger partial charge in [-0.25, -0.2) is 0 Å². The molecule has 2 nitrogen and oxygen atoms in total. The molecule has 0 bridgehead atoms. The highest BCUT2D eigenvalue weighted by molar-refractivity contribution is 9.10. The fourth-order valence-electron chi connectivity index (χ4n) is 2.03. The zero-order valence-corrected chi connectivity index (χ0v) is 10.8. The van der Waals surface area contributed by atoms with Gasteiger partial charge in [-0.3, -0.25) is 0 Å². The summed E-state index contributed by atoms with van der Waals surface area (Å²) in [5.41, 5.74) is 2.64. The highest BCUT2D eigenvalue weighted by atomic mass is 79.9. The third-order valence-electron chi connectivity index (χ3n) is 2.97. The maximum absolute atomic E-state index is 3.54. The second kappa shape index (κ2) is 4.54. The van der Waals surface area contributed by atoms with Crippen molar-refractivity contribution in [1.29, 1.82) is 0 Å². The van der Waals surface area contributed by atoms with Crippen molar-refractivity contribution >= 4 is 21.6 Å². The lowest BCUT2D eigenvalue weighted by molar-refractivity contribution is 0.501. The van der Waals surface area contributed by atoms with E-state index in [4.69, 9.17) is 0 Å². The molecule has 2 rings (SSSR count). The lowest BCUT2D eigenvalue weighted by Gasteiger charge is -2.36. The van der Waals surface area contributed by atoms with E-state index in [2.05, 4.69) is 58.2 Å². The minimum atomic E-state index is 0.583. The standard InChI is InChI=1S/C12H17BrN2/c1-9-7-11(3-4-12(9)13)15-6-5-14-8-10(15)2/h3-4,7,10,14H,5-6,8H2,1-2H3. The average Bonchev–Trinajstić information content (AvgIpc) is 2.23. The molecule has 0 aliphatic carbocycles. The largest absolute Gasteiger partial charge is 0.366 e. The molecule has 1 N–H and O–H groups in total. The Balaban J connectivity index is 2.24. The van der Waals surface area contributed by atoms with E-state index >= 15 is 0 Å². The number of benzene rings is 1. The summed E-state index contributed by atoms with van der Waals surface area (Å²) in [6.07, 6.45) is 0. The molecule has 1 aromatic rings. The Kier molecular flexibility index (Phi) is 3.32. The average molecular weight is 269 g/mol. The van der Waals surface area contributed by atoms with Gasteiger partial charge in [-0.05, 0) is 37.6 Å². The molecular weight excluding hydrogens is 252 g/mol. The van der Waals surface area contributed by atoms with Crippen LogP contribution in [0, 0.1) is 6.92 Å². The third kappa shape index (κ3) is 2.34. The Bertz CT molecular complexity index is 351. The second-order valence-corrected chi connectivity index (χ2v) is 5.03. The van der Waals surface area contributed by atoms with Crippen LogP contribution in [0.1, 0.15) is 12.5 Å². The first kappa shape index (κ1) is 11.0. The van der Waals surface area contributed by atoms with Crippen LogP contribution in [0.5, 0.6) is 0 Å². The minimum Gasteiger partial charge on any atom is -0.366 e. The molecule has 15 heavy (non-hydrogen) atoms. The predicted octanol–water partition coefficient (Wildman–Crippen LogP) is 2.56. The summed E-state index contributed by atoms with van der Waals surface area (Å²) in [5.74, 6) is 0. The summed E-state index contributed by atoms with van der Waals surface area (Å²) in [7, 11) is 0. The van der Waals surface area contributed by atoms with Crippen LogP contribution in [-0.2, 0) is 0 Å². The number of halogens is 1. The highest BCUT2D eigenvalue weighted by Crippen LogP contribution is 2.24. The van der Waals surface area contributed by atoms with E-state index in [0.29, 0.717) is 6.04 Å². The maximum atomic E-state index is 3.54. The van der Waals surface area contributed by atoms with Crippen molar-refractivity contribution in [3.63, 3.8) is 0 Å². The van der Waals surface area contributed by atoms with E-state index in [9.17, 15) is 0 Å². The summed E-state index contributed by atoms with van der Waals surface area (Å²) < 4.78 is 1.19. The molecule has 3 heteroatoms. The summed E-state index contributed by atoms with van der Waals surface area (Å²) in [5, 5.41) is 3.41. The van der Waals surface area contributed by atoms with Gasteiger partial charge < -0.3 is 10.2 Å². The predicted molar refractivity (Wildman–Crippen MR) is 68.6 cm³/mol. The summed E-state index contributed by atoms with van der Waals surface area (Å²) in [6.45, 7) is 7.67. The van der Waals surface area contributed by atoms with E-state index in [-0.39, 0.29) is 0 Å². The number of piperazine rings is 1. The Morgan fingerprint density at radius 2 is 2.27 bits per heavy atom.